The number of aromatic nitrogens is 2. The van der Waals surface area contributed by atoms with E-state index in [1.165, 1.54) is 12.4 Å². The quantitative estimate of drug-likeness (QED) is 0.810. The molecule has 0 spiro atoms. The van der Waals surface area contributed by atoms with Crippen LogP contribution in [-0.2, 0) is 4.79 Å². The van der Waals surface area contributed by atoms with Gasteiger partial charge in [-0.2, -0.15) is 0 Å². The zero-order chi connectivity index (χ0) is 14.0. The van der Waals surface area contributed by atoms with Gasteiger partial charge in [-0.15, -0.1) is 0 Å². The molecule has 2 rings (SSSR count). The fourth-order valence-electron chi connectivity index (χ4n) is 2.52. The maximum absolute atomic E-state index is 11.4. The van der Waals surface area contributed by atoms with Gasteiger partial charge in [-0.05, 0) is 18.8 Å². The number of piperidine rings is 1. The number of hydrogen-bond acceptors (Lipinski definition) is 5. The number of hydrogen-bond donors (Lipinski definition) is 2. The maximum atomic E-state index is 11.4. The minimum absolute atomic E-state index is 0.0165. The molecule has 2 unspecified atom stereocenters. The average Bonchev–Trinajstić information content (AvgIpc) is 2.37. The lowest BCUT2D eigenvalue weighted by atomic mass is 9.90. The lowest BCUT2D eigenvalue weighted by Crippen LogP contribution is -2.50. The SMILES string of the molecule is CC1CCCN(c2nccnc2C(N)=O)C1C(=O)O. The molecule has 1 saturated heterocycles. The zero-order valence-electron chi connectivity index (χ0n) is 10.6. The Kier molecular flexibility index (Phi) is 3.64. The Morgan fingerprint density at radius 3 is 2.74 bits per heavy atom. The van der Waals surface area contributed by atoms with E-state index in [0.29, 0.717) is 6.54 Å². The summed E-state index contributed by atoms with van der Waals surface area (Å²) in [6.07, 6.45) is 4.48. The summed E-state index contributed by atoms with van der Waals surface area (Å²) in [5.41, 5.74) is 5.28. The van der Waals surface area contributed by atoms with E-state index in [4.69, 9.17) is 5.73 Å². The Labute approximate surface area is 110 Å². The molecular weight excluding hydrogens is 248 g/mol. The van der Waals surface area contributed by atoms with E-state index in [1.54, 1.807) is 4.90 Å². The van der Waals surface area contributed by atoms with Crippen LogP contribution in [0.15, 0.2) is 12.4 Å². The summed E-state index contributed by atoms with van der Waals surface area (Å²) < 4.78 is 0. The predicted molar refractivity (Wildman–Crippen MR) is 67.7 cm³/mol. The van der Waals surface area contributed by atoms with Gasteiger partial charge in [0.25, 0.3) is 5.91 Å². The van der Waals surface area contributed by atoms with Crippen molar-refractivity contribution in [2.24, 2.45) is 11.7 Å². The highest BCUT2D eigenvalue weighted by atomic mass is 16.4. The first-order valence-electron chi connectivity index (χ1n) is 6.12. The predicted octanol–water partition coefficient (Wildman–Crippen LogP) is 0.265. The van der Waals surface area contributed by atoms with Gasteiger partial charge < -0.3 is 15.7 Å². The van der Waals surface area contributed by atoms with E-state index in [-0.39, 0.29) is 17.4 Å². The number of carboxylic acid groups (broad SMARTS) is 1. The summed E-state index contributed by atoms with van der Waals surface area (Å²) in [4.78, 5) is 32.4. The van der Waals surface area contributed by atoms with Crippen molar-refractivity contribution in [2.45, 2.75) is 25.8 Å². The molecule has 7 nitrogen and oxygen atoms in total. The van der Waals surface area contributed by atoms with Gasteiger partial charge in [0.2, 0.25) is 0 Å². The molecule has 7 heteroatoms. The second-order valence-corrected chi connectivity index (χ2v) is 4.69. The molecule has 3 N–H and O–H groups in total. The van der Waals surface area contributed by atoms with Crippen LogP contribution in [0.25, 0.3) is 0 Å². The van der Waals surface area contributed by atoms with E-state index in [1.807, 2.05) is 6.92 Å². The molecule has 102 valence electrons. The molecule has 1 fully saturated rings. The molecule has 1 amide bonds. The molecule has 1 aromatic heterocycles. The van der Waals surface area contributed by atoms with Crippen LogP contribution in [-0.4, -0.2) is 39.5 Å². The number of nitrogens with zero attached hydrogens (tertiary/aromatic N) is 3. The normalized spacial score (nSPS) is 23.1. The third-order valence-electron chi connectivity index (χ3n) is 3.37. The Hall–Kier alpha value is -2.18. The minimum atomic E-state index is -0.923. The Bertz CT molecular complexity index is 506. The maximum Gasteiger partial charge on any atom is 0.326 e. The summed E-state index contributed by atoms with van der Waals surface area (Å²) in [6, 6.07) is -0.705. The molecular formula is C12H16N4O3. The molecule has 1 aliphatic heterocycles. The highest BCUT2D eigenvalue weighted by Crippen LogP contribution is 2.28. The Morgan fingerprint density at radius 2 is 2.11 bits per heavy atom. The lowest BCUT2D eigenvalue weighted by molar-refractivity contribution is -0.140. The summed E-state index contributed by atoms with van der Waals surface area (Å²) in [6.45, 7) is 2.41. The van der Waals surface area contributed by atoms with Gasteiger partial charge in [-0.3, -0.25) is 4.79 Å². The Balaban J connectivity index is 2.44. The van der Waals surface area contributed by atoms with Crippen molar-refractivity contribution >= 4 is 17.7 Å². The number of amides is 1. The van der Waals surface area contributed by atoms with Crippen LogP contribution >= 0.6 is 0 Å². The molecule has 0 radical (unpaired) electrons. The molecule has 0 bridgehead atoms. The van der Waals surface area contributed by atoms with Crippen molar-refractivity contribution in [3.63, 3.8) is 0 Å². The highest BCUT2D eigenvalue weighted by molar-refractivity contribution is 5.96. The average molecular weight is 264 g/mol. The highest BCUT2D eigenvalue weighted by Gasteiger charge is 2.36. The van der Waals surface area contributed by atoms with Gasteiger partial charge in [0.1, 0.15) is 6.04 Å². The van der Waals surface area contributed by atoms with Crippen LogP contribution in [0.4, 0.5) is 5.82 Å². The van der Waals surface area contributed by atoms with Gasteiger partial charge >= 0.3 is 5.97 Å². The molecule has 0 aromatic carbocycles. The fraction of sp³-hybridized carbons (Fsp3) is 0.500. The van der Waals surface area contributed by atoms with Crippen molar-refractivity contribution < 1.29 is 14.7 Å². The van der Waals surface area contributed by atoms with Crippen molar-refractivity contribution in [1.82, 2.24) is 9.97 Å². The number of carboxylic acids is 1. The van der Waals surface area contributed by atoms with Gasteiger partial charge in [-0.1, -0.05) is 6.92 Å². The van der Waals surface area contributed by atoms with Gasteiger partial charge in [0, 0.05) is 18.9 Å². The molecule has 2 heterocycles. The van der Waals surface area contributed by atoms with Crippen molar-refractivity contribution in [1.29, 1.82) is 0 Å². The van der Waals surface area contributed by atoms with Crippen LogP contribution in [0.5, 0.6) is 0 Å². The summed E-state index contributed by atoms with van der Waals surface area (Å²) >= 11 is 0. The van der Waals surface area contributed by atoms with Gasteiger partial charge in [0.15, 0.2) is 11.5 Å². The summed E-state index contributed by atoms with van der Waals surface area (Å²) in [5, 5.41) is 9.36. The number of rotatable bonds is 3. The van der Waals surface area contributed by atoms with Crippen LogP contribution in [0.2, 0.25) is 0 Å². The Morgan fingerprint density at radius 1 is 1.42 bits per heavy atom. The number of primary amides is 1. The van der Waals surface area contributed by atoms with Crippen LogP contribution < -0.4 is 10.6 Å². The monoisotopic (exact) mass is 264 g/mol. The summed E-state index contributed by atoms with van der Waals surface area (Å²) in [7, 11) is 0. The number of aliphatic carboxylic acids is 1. The molecule has 19 heavy (non-hydrogen) atoms. The molecule has 0 aliphatic carbocycles. The molecule has 0 saturated carbocycles. The smallest absolute Gasteiger partial charge is 0.326 e. The van der Waals surface area contributed by atoms with Crippen molar-refractivity contribution in [3.05, 3.63) is 18.1 Å². The first-order valence-corrected chi connectivity index (χ1v) is 6.12. The van der Waals surface area contributed by atoms with Crippen molar-refractivity contribution in [2.75, 3.05) is 11.4 Å². The van der Waals surface area contributed by atoms with Crippen molar-refractivity contribution in [3.8, 4) is 0 Å². The summed E-state index contributed by atoms with van der Waals surface area (Å²) in [5.74, 6) is -1.39. The minimum Gasteiger partial charge on any atom is -0.480 e. The lowest BCUT2D eigenvalue weighted by Gasteiger charge is -2.38. The van der Waals surface area contributed by atoms with E-state index >= 15 is 0 Å². The number of carbonyl (C=O) groups is 2. The van der Waals surface area contributed by atoms with Crippen LogP contribution in [0.1, 0.15) is 30.3 Å². The second kappa shape index (κ2) is 5.21. The standard InChI is InChI=1S/C12H16N4O3/c1-7-3-2-6-16(9(7)12(18)19)11-8(10(13)17)14-4-5-15-11/h4-5,7,9H,2-3,6H2,1H3,(H2,13,17)(H,18,19). The fourth-order valence-corrected chi connectivity index (χ4v) is 2.52. The van der Waals surface area contributed by atoms with Crippen LogP contribution in [0, 0.1) is 5.92 Å². The number of anilines is 1. The van der Waals surface area contributed by atoms with E-state index in [0.717, 1.165) is 12.8 Å². The van der Waals surface area contributed by atoms with E-state index in [2.05, 4.69) is 9.97 Å². The van der Waals surface area contributed by atoms with Gasteiger partial charge in [0.05, 0.1) is 0 Å². The van der Waals surface area contributed by atoms with E-state index < -0.39 is 17.9 Å². The van der Waals surface area contributed by atoms with Gasteiger partial charge in [-0.25, -0.2) is 14.8 Å². The first kappa shape index (κ1) is 13.3. The number of nitrogens with two attached hydrogens (primary N) is 1. The topological polar surface area (TPSA) is 109 Å². The number of carbonyl (C=O) groups excluding carboxylic acids is 1. The van der Waals surface area contributed by atoms with Crippen LogP contribution in [0.3, 0.4) is 0 Å². The van der Waals surface area contributed by atoms with E-state index in [9.17, 15) is 14.7 Å². The zero-order valence-corrected chi connectivity index (χ0v) is 10.6. The third-order valence-corrected chi connectivity index (χ3v) is 3.37. The largest absolute Gasteiger partial charge is 0.480 e. The second-order valence-electron chi connectivity index (χ2n) is 4.69. The first-order chi connectivity index (χ1) is 9.02. The third kappa shape index (κ3) is 2.49. The molecule has 1 aliphatic rings. The molecule has 2 atom stereocenters. The molecule has 1 aromatic rings.